The van der Waals surface area contributed by atoms with Crippen LogP contribution < -0.4 is 5.32 Å². The Balaban J connectivity index is 1.68. The van der Waals surface area contributed by atoms with Crippen LogP contribution in [0, 0.1) is 11.8 Å². The molecule has 94 valence electrons. The predicted molar refractivity (Wildman–Crippen MR) is 70.6 cm³/mol. The van der Waals surface area contributed by atoms with Gasteiger partial charge in [-0.15, -0.1) is 0 Å². The molecule has 1 N–H and O–H groups in total. The zero-order valence-electron chi connectivity index (χ0n) is 11.0. The minimum Gasteiger partial charge on any atom is -0.314 e. The van der Waals surface area contributed by atoms with Crippen LogP contribution >= 0.6 is 0 Å². The molecule has 1 nitrogen and oxygen atoms in total. The lowest BCUT2D eigenvalue weighted by Gasteiger charge is -2.30. The van der Waals surface area contributed by atoms with Crippen LogP contribution in [-0.2, 0) is 0 Å². The molecule has 2 aliphatic carbocycles. The second-order valence-electron chi connectivity index (χ2n) is 6.12. The first-order chi connectivity index (χ1) is 7.86. The largest absolute Gasteiger partial charge is 0.314 e. The van der Waals surface area contributed by atoms with E-state index in [1.54, 1.807) is 0 Å². The highest BCUT2D eigenvalue weighted by atomic mass is 14.9. The molecule has 2 unspecified atom stereocenters. The SMILES string of the molecule is CC1CCCCC1CNC1CCCCCC1. The van der Waals surface area contributed by atoms with Gasteiger partial charge in [-0.05, 0) is 37.6 Å². The standard InChI is InChI=1S/C15H29N/c1-13-8-6-7-9-14(13)12-16-15-10-4-2-3-5-11-15/h13-16H,2-12H2,1H3. The normalized spacial score (nSPS) is 33.6. The molecule has 0 aliphatic heterocycles. The van der Waals surface area contributed by atoms with Crippen molar-refractivity contribution in [1.29, 1.82) is 0 Å². The third kappa shape index (κ3) is 3.76. The molecule has 2 saturated carbocycles. The van der Waals surface area contributed by atoms with Crippen LogP contribution in [0.3, 0.4) is 0 Å². The highest BCUT2D eigenvalue weighted by molar-refractivity contribution is 4.77. The van der Waals surface area contributed by atoms with Crippen molar-refractivity contribution in [3.05, 3.63) is 0 Å². The van der Waals surface area contributed by atoms with Crippen LogP contribution in [0.2, 0.25) is 0 Å². The van der Waals surface area contributed by atoms with Crippen LogP contribution in [0.15, 0.2) is 0 Å². The molecular formula is C15H29N. The van der Waals surface area contributed by atoms with Gasteiger partial charge in [0.05, 0.1) is 0 Å². The quantitative estimate of drug-likeness (QED) is 0.710. The van der Waals surface area contributed by atoms with E-state index in [2.05, 4.69) is 12.2 Å². The lowest BCUT2D eigenvalue weighted by atomic mass is 9.80. The van der Waals surface area contributed by atoms with Crippen molar-refractivity contribution in [2.45, 2.75) is 77.2 Å². The molecule has 2 aliphatic rings. The van der Waals surface area contributed by atoms with E-state index < -0.39 is 0 Å². The van der Waals surface area contributed by atoms with Gasteiger partial charge >= 0.3 is 0 Å². The first-order valence-corrected chi connectivity index (χ1v) is 7.59. The van der Waals surface area contributed by atoms with Crippen LogP contribution in [-0.4, -0.2) is 12.6 Å². The average molecular weight is 223 g/mol. The van der Waals surface area contributed by atoms with Crippen molar-refractivity contribution in [3.8, 4) is 0 Å². The maximum Gasteiger partial charge on any atom is 0.00671 e. The Kier molecular flexibility index (Phi) is 5.15. The van der Waals surface area contributed by atoms with Gasteiger partial charge in [-0.25, -0.2) is 0 Å². The Morgan fingerprint density at radius 1 is 0.812 bits per heavy atom. The van der Waals surface area contributed by atoms with Gasteiger partial charge in [-0.3, -0.25) is 0 Å². The summed E-state index contributed by atoms with van der Waals surface area (Å²) in [5.74, 6) is 1.93. The van der Waals surface area contributed by atoms with E-state index in [1.165, 1.54) is 70.8 Å². The van der Waals surface area contributed by atoms with E-state index in [0.29, 0.717) is 0 Å². The molecule has 0 amide bonds. The minimum atomic E-state index is 0.844. The summed E-state index contributed by atoms with van der Waals surface area (Å²) < 4.78 is 0. The summed E-state index contributed by atoms with van der Waals surface area (Å²) in [6, 6.07) is 0.844. The molecule has 0 spiro atoms. The molecule has 0 saturated heterocycles. The predicted octanol–water partition coefficient (Wildman–Crippen LogP) is 4.13. The van der Waals surface area contributed by atoms with Gasteiger partial charge < -0.3 is 5.32 Å². The third-order valence-electron chi connectivity index (χ3n) is 4.81. The maximum atomic E-state index is 3.86. The van der Waals surface area contributed by atoms with Crippen LogP contribution in [0.5, 0.6) is 0 Å². The second kappa shape index (κ2) is 6.64. The molecule has 2 rings (SSSR count). The van der Waals surface area contributed by atoms with E-state index in [0.717, 1.165) is 17.9 Å². The maximum absolute atomic E-state index is 3.86. The molecule has 2 atom stereocenters. The molecule has 0 heterocycles. The fourth-order valence-electron chi connectivity index (χ4n) is 3.50. The van der Waals surface area contributed by atoms with Crippen molar-refractivity contribution < 1.29 is 0 Å². The Hall–Kier alpha value is -0.0400. The van der Waals surface area contributed by atoms with Crippen LogP contribution in [0.25, 0.3) is 0 Å². The summed E-state index contributed by atoms with van der Waals surface area (Å²) in [5, 5.41) is 3.86. The minimum absolute atomic E-state index is 0.844. The second-order valence-corrected chi connectivity index (χ2v) is 6.12. The molecule has 0 aromatic carbocycles. The zero-order valence-corrected chi connectivity index (χ0v) is 11.0. The summed E-state index contributed by atoms with van der Waals surface area (Å²) in [7, 11) is 0. The monoisotopic (exact) mass is 223 g/mol. The Morgan fingerprint density at radius 2 is 1.44 bits per heavy atom. The molecule has 0 aromatic rings. The van der Waals surface area contributed by atoms with Crippen molar-refractivity contribution in [1.82, 2.24) is 5.32 Å². The summed E-state index contributed by atoms with van der Waals surface area (Å²) in [4.78, 5) is 0. The zero-order chi connectivity index (χ0) is 11.2. The Bertz CT molecular complexity index is 182. The highest BCUT2D eigenvalue weighted by Crippen LogP contribution is 2.29. The smallest absolute Gasteiger partial charge is 0.00671 e. The van der Waals surface area contributed by atoms with E-state index in [-0.39, 0.29) is 0 Å². The van der Waals surface area contributed by atoms with E-state index >= 15 is 0 Å². The number of hydrogen-bond acceptors (Lipinski definition) is 1. The van der Waals surface area contributed by atoms with Gasteiger partial charge in [-0.2, -0.15) is 0 Å². The van der Waals surface area contributed by atoms with Crippen LogP contribution in [0.1, 0.15) is 71.1 Å². The van der Waals surface area contributed by atoms with Gasteiger partial charge in [0.15, 0.2) is 0 Å². The van der Waals surface area contributed by atoms with Crippen molar-refractivity contribution in [3.63, 3.8) is 0 Å². The summed E-state index contributed by atoms with van der Waals surface area (Å²) >= 11 is 0. The Morgan fingerprint density at radius 3 is 2.12 bits per heavy atom. The lowest BCUT2D eigenvalue weighted by Crippen LogP contribution is -2.36. The summed E-state index contributed by atoms with van der Waals surface area (Å²) in [5.41, 5.74) is 0. The number of hydrogen-bond donors (Lipinski definition) is 1. The topological polar surface area (TPSA) is 12.0 Å². The molecule has 16 heavy (non-hydrogen) atoms. The molecule has 0 radical (unpaired) electrons. The van der Waals surface area contributed by atoms with Gasteiger partial charge in [0.2, 0.25) is 0 Å². The van der Waals surface area contributed by atoms with Gasteiger partial charge in [0.1, 0.15) is 0 Å². The molecule has 1 heteroatoms. The lowest BCUT2D eigenvalue weighted by molar-refractivity contribution is 0.237. The summed E-state index contributed by atoms with van der Waals surface area (Å²) in [6.07, 6.45) is 14.6. The van der Waals surface area contributed by atoms with Crippen LogP contribution in [0.4, 0.5) is 0 Å². The molecule has 0 aromatic heterocycles. The van der Waals surface area contributed by atoms with Crippen molar-refractivity contribution in [2.24, 2.45) is 11.8 Å². The fraction of sp³-hybridized carbons (Fsp3) is 1.00. The Labute approximate surface area is 101 Å². The molecule has 2 fully saturated rings. The fourth-order valence-corrected chi connectivity index (χ4v) is 3.50. The highest BCUT2D eigenvalue weighted by Gasteiger charge is 2.22. The average Bonchev–Trinajstić information content (AvgIpc) is 2.56. The molecular weight excluding hydrogens is 194 g/mol. The van der Waals surface area contributed by atoms with E-state index in [9.17, 15) is 0 Å². The van der Waals surface area contributed by atoms with Gasteiger partial charge in [-0.1, -0.05) is 51.9 Å². The van der Waals surface area contributed by atoms with Crippen molar-refractivity contribution >= 4 is 0 Å². The first-order valence-electron chi connectivity index (χ1n) is 7.59. The third-order valence-corrected chi connectivity index (χ3v) is 4.81. The molecule has 0 bridgehead atoms. The van der Waals surface area contributed by atoms with Crippen molar-refractivity contribution in [2.75, 3.05) is 6.54 Å². The van der Waals surface area contributed by atoms with E-state index in [1.807, 2.05) is 0 Å². The summed E-state index contributed by atoms with van der Waals surface area (Å²) in [6.45, 7) is 3.75. The first kappa shape index (κ1) is 12.4. The number of rotatable bonds is 3. The van der Waals surface area contributed by atoms with Gasteiger partial charge in [0.25, 0.3) is 0 Å². The number of nitrogens with one attached hydrogen (secondary N) is 1. The van der Waals surface area contributed by atoms with Gasteiger partial charge in [0, 0.05) is 6.04 Å². The van der Waals surface area contributed by atoms with E-state index in [4.69, 9.17) is 0 Å².